The predicted octanol–water partition coefficient (Wildman–Crippen LogP) is 3.43. The summed E-state index contributed by atoms with van der Waals surface area (Å²) < 4.78 is 26.1. The highest BCUT2D eigenvalue weighted by molar-refractivity contribution is 5.86. The van der Waals surface area contributed by atoms with E-state index in [-0.39, 0.29) is 0 Å². The normalized spacial score (nSPS) is 10.7. The van der Waals surface area contributed by atoms with Crippen molar-refractivity contribution in [1.82, 2.24) is 0 Å². The molecular formula is C11H8F2. The van der Waals surface area contributed by atoms with Gasteiger partial charge in [-0.05, 0) is 23.9 Å². The number of fused-ring (bicyclic) bond motifs is 1. The van der Waals surface area contributed by atoms with E-state index in [1.54, 1.807) is 12.1 Å². The predicted molar refractivity (Wildman–Crippen MR) is 48.6 cm³/mol. The van der Waals surface area contributed by atoms with Gasteiger partial charge in [-0.1, -0.05) is 18.2 Å². The molecule has 0 bridgehead atoms. The molecule has 0 saturated heterocycles. The topological polar surface area (TPSA) is 0 Å². The first-order chi connectivity index (χ1) is 6.18. The molecule has 0 spiro atoms. The Labute approximate surface area is 74.8 Å². The SMILES string of the molecule is Cc1cccc2cc(F)cc(F)c12. The fraction of sp³-hybridized carbons (Fsp3) is 0.0909. The number of rotatable bonds is 0. The van der Waals surface area contributed by atoms with Crippen molar-refractivity contribution in [1.29, 1.82) is 0 Å². The Bertz CT molecular complexity index is 461. The van der Waals surface area contributed by atoms with Crippen LogP contribution < -0.4 is 0 Å². The average molecular weight is 178 g/mol. The summed E-state index contributed by atoms with van der Waals surface area (Å²) in [7, 11) is 0. The van der Waals surface area contributed by atoms with Gasteiger partial charge in [0.05, 0.1) is 0 Å². The molecule has 0 saturated carbocycles. The third-order valence-electron chi connectivity index (χ3n) is 2.10. The highest BCUT2D eigenvalue weighted by Crippen LogP contribution is 2.22. The molecule has 0 fully saturated rings. The van der Waals surface area contributed by atoms with E-state index in [0.717, 1.165) is 11.6 Å². The highest BCUT2D eigenvalue weighted by atomic mass is 19.1. The third kappa shape index (κ3) is 1.28. The third-order valence-corrected chi connectivity index (χ3v) is 2.10. The summed E-state index contributed by atoms with van der Waals surface area (Å²) in [5.74, 6) is -1.02. The van der Waals surface area contributed by atoms with Crippen LogP contribution in [0.4, 0.5) is 8.78 Å². The molecule has 13 heavy (non-hydrogen) atoms. The summed E-state index contributed by atoms with van der Waals surface area (Å²) in [6.45, 7) is 1.81. The lowest BCUT2D eigenvalue weighted by molar-refractivity contribution is 0.592. The number of benzene rings is 2. The maximum absolute atomic E-state index is 13.3. The molecule has 2 rings (SSSR count). The number of hydrogen-bond donors (Lipinski definition) is 0. The van der Waals surface area contributed by atoms with Gasteiger partial charge < -0.3 is 0 Å². The van der Waals surface area contributed by atoms with Gasteiger partial charge in [0.1, 0.15) is 11.6 Å². The molecule has 0 aromatic heterocycles. The fourth-order valence-corrected chi connectivity index (χ4v) is 1.52. The standard InChI is InChI=1S/C11H8F2/c1-7-3-2-4-8-5-9(12)6-10(13)11(7)8/h2-6H,1H3. The second-order valence-corrected chi connectivity index (χ2v) is 3.06. The molecule has 0 aliphatic heterocycles. The quantitative estimate of drug-likeness (QED) is 0.579. The molecular weight excluding hydrogens is 170 g/mol. The summed E-state index contributed by atoms with van der Waals surface area (Å²) in [4.78, 5) is 0. The van der Waals surface area contributed by atoms with Crippen LogP contribution in [-0.4, -0.2) is 0 Å². The minimum atomic E-state index is -0.532. The molecule has 2 aromatic carbocycles. The molecule has 2 aromatic rings. The largest absolute Gasteiger partial charge is 0.207 e. The molecule has 0 atom stereocenters. The van der Waals surface area contributed by atoms with Crippen molar-refractivity contribution in [3.8, 4) is 0 Å². The highest BCUT2D eigenvalue weighted by Gasteiger charge is 2.05. The van der Waals surface area contributed by atoms with E-state index >= 15 is 0 Å². The second-order valence-electron chi connectivity index (χ2n) is 3.06. The van der Waals surface area contributed by atoms with Gasteiger partial charge in [-0.15, -0.1) is 0 Å². The lowest BCUT2D eigenvalue weighted by atomic mass is 10.1. The van der Waals surface area contributed by atoms with E-state index in [2.05, 4.69) is 0 Å². The Kier molecular flexibility index (Phi) is 1.76. The summed E-state index contributed by atoms with van der Waals surface area (Å²) in [6.07, 6.45) is 0. The monoisotopic (exact) mass is 178 g/mol. The molecule has 0 heterocycles. The summed E-state index contributed by atoms with van der Waals surface area (Å²) in [6, 6.07) is 7.55. The molecule has 66 valence electrons. The minimum absolute atomic E-state index is 0.492. The van der Waals surface area contributed by atoms with E-state index in [1.807, 2.05) is 13.0 Å². The van der Waals surface area contributed by atoms with Gasteiger partial charge in [-0.25, -0.2) is 8.78 Å². The maximum atomic E-state index is 13.3. The van der Waals surface area contributed by atoms with E-state index in [1.165, 1.54) is 6.07 Å². The van der Waals surface area contributed by atoms with Gasteiger partial charge in [0, 0.05) is 11.5 Å². The number of aryl methyl sites for hydroxylation is 1. The first-order valence-corrected chi connectivity index (χ1v) is 4.03. The smallest absolute Gasteiger partial charge is 0.134 e. The van der Waals surface area contributed by atoms with Crippen LogP contribution in [0.15, 0.2) is 30.3 Å². The fourth-order valence-electron chi connectivity index (χ4n) is 1.52. The van der Waals surface area contributed by atoms with Gasteiger partial charge in [0.2, 0.25) is 0 Å². The van der Waals surface area contributed by atoms with Crippen LogP contribution in [0, 0.1) is 18.6 Å². The van der Waals surface area contributed by atoms with Crippen LogP contribution in [-0.2, 0) is 0 Å². The Hall–Kier alpha value is -1.44. The molecule has 0 aliphatic rings. The summed E-state index contributed by atoms with van der Waals surface area (Å²) >= 11 is 0. The number of halogens is 2. The molecule has 0 amide bonds. The lowest BCUT2D eigenvalue weighted by Gasteiger charge is -2.02. The number of hydrogen-bond acceptors (Lipinski definition) is 0. The Morgan fingerprint density at radius 2 is 1.85 bits per heavy atom. The second kappa shape index (κ2) is 2.80. The zero-order valence-corrected chi connectivity index (χ0v) is 7.14. The van der Waals surface area contributed by atoms with Crippen molar-refractivity contribution in [2.45, 2.75) is 6.92 Å². The summed E-state index contributed by atoms with van der Waals surface area (Å²) in [5.41, 5.74) is 0.829. The molecule has 0 radical (unpaired) electrons. The van der Waals surface area contributed by atoms with Crippen LogP contribution in [0.25, 0.3) is 10.8 Å². The van der Waals surface area contributed by atoms with E-state index in [0.29, 0.717) is 10.8 Å². The lowest BCUT2D eigenvalue weighted by Crippen LogP contribution is -1.85. The van der Waals surface area contributed by atoms with Gasteiger partial charge in [0.25, 0.3) is 0 Å². The molecule has 2 heteroatoms. The minimum Gasteiger partial charge on any atom is -0.207 e. The Morgan fingerprint density at radius 1 is 1.08 bits per heavy atom. The van der Waals surface area contributed by atoms with Gasteiger partial charge >= 0.3 is 0 Å². The summed E-state index contributed by atoms with van der Waals surface area (Å²) in [5, 5.41) is 1.11. The van der Waals surface area contributed by atoms with Crippen LogP contribution in [0.5, 0.6) is 0 Å². The van der Waals surface area contributed by atoms with Crippen LogP contribution in [0.2, 0.25) is 0 Å². The zero-order valence-electron chi connectivity index (χ0n) is 7.14. The van der Waals surface area contributed by atoms with E-state index < -0.39 is 11.6 Å². The van der Waals surface area contributed by atoms with Gasteiger partial charge in [-0.3, -0.25) is 0 Å². The molecule has 0 aliphatic carbocycles. The van der Waals surface area contributed by atoms with Crippen molar-refractivity contribution in [2.75, 3.05) is 0 Å². The van der Waals surface area contributed by atoms with Crippen molar-refractivity contribution in [3.05, 3.63) is 47.5 Å². The van der Waals surface area contributed by atoms with Crippen LogP contribution in [0.3, 0.4) is 0 Å². The zero-order chi connectivity index (χ0) is 9.42. The van der Waals surface area contributed by atoms with Crippen LogP contribution >= 0.6 is 0 Å². The van der Waals surface area contributed by atoms with Crippen molar-refractivity contribution in [2.24, 2.45) is 0 Å². The Morgan fingerprint density at radius 3 is 2.62 bits per heavy atom. The van der Waals surface area contributed by atoms with Crippen molar-refractivity contribution >= 4 is 10.8 Å². The first-order valence-electron chi connectivity index (χ1n) is 4.03. The molecule has 0 unspecified atom stereocenters. The van der Waals surface area contributed by atoms with Crippen molar-refractivity contribution < 1.29 is 8.78 Å². The van der Waals surface area contributed by atoms with Crippen LogP contribution in [0.1, 0.15) is 5.56 Å². The van der Waals surface area contributed by atoms with Crippen molar-refractivity contribution in [3.63, 3.8) is 0 Å². The Balaban J connectivity index is 2.94. The first kappa shape index (κ1) is 8.17. The van der Waals surface area contributed by atoms with Gasteiger partial charge in [0.15, 0.2) is 0 Å². The van der Waals surface area contributed by atoms with E-state index in [4.69, 9.17) is 0 Å². The molecule has 0 nitrogen and oxygen atoms in total. The van der Waals surface area contributed by atoms with Gasteiger partial charge in [-0.2, -0.15) is 0 Å². The maximum Gasteiger partial charge on any atom is 0.134 e. The average Bonchev–Trinajstić information content (AvgIpc) is 2.02. The molecule has 0 N–H and O–H groups in total. The van der Waals surface area contributed by atoms with E-state index in [9.17, 15) is 8.78 Å².